The summed E-state index contributed by atoms with van der Waals surface area (Å²) in [6.07, 6.45) is 15.8. The maximum Gasteiger partial charge on any atom is 0.241 e. The van der Waals surface area contributed by atoms with E-state index < -0.39 is 0 Å². The highest BCUT2D eigenvalue weighted by Crippen LogP contribution is 2.39. The Kier molecular flexibility index (Phi) is 5.46. The zero-order valence-corrected chi connectivity index (χ0v) is 21.1. The van der Waals surface area contributed by atoms with E-state index in [1.54, 1.807) is 24.7 Å². The molecule has 2 aromatic carbocycles. The van der Waals surface area contributed by atoms with Gasteiger partial charge in [-0.2, -0.15) is 15.0 Å². The Morgan fingerprint density at radius 3 is 2.26 bits per heavy atom. The minimum absolute atomic E-state index is 0.400. The first-order chi connectivity index (χ1) is 19.3. The van der Waals surface area contributed by atoms with Gasteiger partial charge < -0.3 is 10.6 Å². The molecule has 0 spiro atoms. The zero-order chi connectivity index (χ0) is 26.2. The van der Waals surface area contributed by atoms with Crippen molar-refractivity contribution in [3.63, 3.8) is 0 Å². The molecule has 5 heterocycles. The maximum atomic E-state index is 5.05. The van der Waals surface area contributed by atoms with Gasteiger partial charge in [-0.05, 0) is 24.3 Å². The van der Waals surface area contributed by atoms with E-state index >= 15 is 0 Å². The van der Waals surface area contributed by atoms with Crippen LogP contribution in [-0.4, -0.2) is 43.6 Å². The third kappa shape index (κ3) is 3.77. The number of rotatable bonds is 5. The summed E-state index contributed by atoms with van der Waals surface area (Å²) in [6, 6.07) is 16.3. The summed E-state index contributed by atoms with van der Waals surface area (Å²) in [5.74, 6) is 1.33. The van der Waals surface area contributed by atoms with E-state index in [0.29, 0.717) is 17.8 Å². The molecule has 188 valence electrons. The first-order valence-corrected chi connectivity index (χ1v) is 12.6. The molecule has 2 aliphatic rings. The molecular formula is C30H23N9. The number of para-hydroxylation sites is 2. The number of aliphatic imine (C=N–C) groups is 2. The highest BCUT2D eigenvalue weighted by molar-refractivity contribution is 6.01. The number of nitrogens with one attached hydrogen (secondary N) is 2. The first-order valence-electron chi connectivity index (χ1n) is 12.6. The Bertz CT molecular complexity index is 1940. The van der Waals surface area contributed by atoms with Crippen LogP contribution in [0.4, 0.5) is 17.3 Å². The summed E-state index contributed by atoms with van der Waals surface area (Å²) in [5, 5.41) is 8.21. The molecule has 0 fully saturated rings. The number of allylic oxidation sites excluding steroid dienone is 2. The smallest absolute Gasteiger partial charge is 0.241 e. The van der Waals surface area contributed by atoms with Gasteiger partial charge in [0.2, 0.25) is 17.8 Å². The van der Waals surface area contributed by atoms with Crippen molar-refractivity contribution in [3.8, 4) is 11.9 Å². The maximum absolute atomic E-state index is 5.05. The lowest BCUT2D eigenvalue weighted by Gasteiger charge is -2.13. The molecule has 2 N–H and O–H groups in total. The summed E-state index contributed by atoms with van der Waals surface area (Å²) >= 11 is 0. The van der Waals surface area contributed by atoms with Crippen molar-refractivity contribution in [2.75, 3.05) is 12.4 Å². The predicted molar refractivity (Wildman–Crippen MR) is 158 cm³/mol. The van der Waals surface area contributed by atoms with Gasteiger partial charge in [0.05, 0.1) is 33.8 Å². The van der Waals surface area contributed by atoms with Crippen LogP contribution in [0.5, 0.6) is 0 Å². The summed E-state index contributed by atoms with van der Waals surface area (Å²) in [4.78, 5) is 24.2. The van der Waals surface area contributed by atoms with Gasteiger partial charge in [0.25, 0.3) is 0 Å². The Balaban J connectivity index is 1.54. The second-order valence-electron chi connectivity index (χ2n) is 8.90. The van der Waals surface area contributed by atoms with Crippen LogP contribution in [0.3, 0.4) is 0 Å². The molecule has 7 rings (SSSR count). The number of aromatic nitrogens is 5. The van der Waals surface area contributed by atoms with Crippen molar-refractivity contribution in [1.82, 2.24) is 29.4 Å². The molecule has 0 aliphatic carbocycles. The fourth-order valence-corrected chi connectivity index (χ4v) is 4.96. The lowest BCUT2D eigenvalue weighted by molar-refractivity contribution is 0.864. The molecule has 0 bridgehead atoms. The van der Waals surface area contributed by atoms with E-state index in [1.165, 1.54) is 0 Å². The van der Waals surface area contributed by atoms with E-state index in [0.717, 1.165) is 51.0 Å². The number of hydrogen-bond acceptors (Lipinski definition) is 7. The van der Waals surface area contributed by atoms with Crippen molar-refractivity contribution in [3.05, 3.63) is 90.2 Å². The first kappa shape index (κ1) is 22.7. The van der Waals surface area contributed by atoms with Gasteiger partial charge >= 0.3 is 0 Å². The molecule has 39 heavy (non-hydrogen) atoms. The fraction of sp³-hybridized carbons (Fsp3) is 0.0667. The summed E-state index contributed by atoms with van der Waals surface area (Å²) in [6.45, 7) is 0. The van der Waals surface area contributed by atoms with Gasteiger partial charge in [-0.15, -0.1) is 5.73 Å². The van der Waals surface area contributed by atoms with Crippen LogP contribution in [-0.2, 0) is 0 Å². The van der Waals surface area contributed by atoms with Crippen molar-refractivity contribution in [2.24, 2.45) is 9.98 Å². The van der Waals surface area contributed by atoms with Gasteiger partial charge in [-0.25, -0.2) is 0 Å². The number of nitrogens with zero attached hydrogens (tertiary/aromatic N) is 7. The van der Waals surface area contributed by atoms with E-state index in [-0.39, 0.29) is 0 Å². The van der Waals surface area contributed by atoms with E-state index in [2.05, 4.69) is 46.7 Å². The van der Waals surface area contributed by atoms with Gasteiger partial charge in [-0.3, -0.25) is 19.1 Å². The quantitative estimate of drug-likeness (QED) is 0.289. The predicted octanol–water partition coefficient (Wildman–Crippen LogP) is 5.87. The molecule has 2 aliphatic heterocycles. The lowest BCUT2D eigenvalue weighted by atomic mass is 10.2. The van der Waals surface area contributed by atoms with Crippen LogP contribution in [0.15, 0.2) is 88.8 Å². The van der Waals surface area contributed by atoms with Crippen LogP contribution < -0.4 is 10.6 Å². The molecule has 0 atom stereocenters. The minimum atomic E-state index is 0.400. The number of hydrogen-bond donors (Lipinski definition) is 2. The number of benzene rings is 2. The van der Waals surface area contributed by atoms with E-state index in [9.17, 15) is 0 Å². The lowest BCUT2D eigenvalue weighted by Crippen LogP contribution is -2.12. The highest BCUT2D eigenvalue weighted by atomic mass is 15.3. The summed E-state index contributed by atoms with van der Waals surface area (Å²) in [7, 11) is 1.83. The topological polar surface area (TPSA) is 97.3 Å². The monoisotopic (exact) mass is 509 g/mol. The molecule has 0 unspecified atom stereocenters. The Hall–Kier alpha value is -5.53. The third-order valence-corrected chi connectivity index (χ3v) is 6.57. The second kappa shape index (κ2) is 9.41. The average molecular weight is 510 g/mol. The normalized spacial score (nSPS) is 13.7. The van der Waals surface area contributed by atoms with Gasteiger partial charge in [-0.1, -0.05) is 42.5 Å². The van der Waals surface area contributed by atoms with Crippen LogP contribution >= 0.6 is 0 Å². The Labute approximate surface area is 224 Å². The highest BCUT2D eigenvalue weighted by Gasteiger charge is 2.23. The molecule has 9 heteroatoms. The fourth-order valence-electron chi connectivity index (χ4n) is 4.96. The van der Waals surface area contributed by atoms with Crippen molar-refractivity contribution < 1.29 is 0 Å². The summed E-state index contributed by atoms with van der Waals surface area (Å²) < 4.78 is 4.05. The van der Waals surface area contributed by atoms with Crippen LogP contribution in [0, 0.1) is 0 Å². The third-order valence-electron chi connectivity index (χ3n) is 6.57. The molecule has 0 radical (unpaired) electrons. The van der Waals surface area contributed by atoms with Crippen molar-refractivity contribution >= 4 is 63.7 Å². The molecule has 9 nitrogen and oxygen atoms in total. The Morgan fingerprint density at radius 1 is 0.821 bits per heavy atom. The van der Waals surface area contributed by atoms with E-state index in [4.69, 9.17) is 24.9 Å². The number of fused-ring (bicyclic) bond motifs is 6. The van der Waals surface area contributed by atoms with Crippen molar-refractivity contribution in [2.45, 2.75) is 6.42 Å². The minimum Gasteiger partial charge on any atom is -0.393 e. The molecule has 3 aromatic heterocycles. The second-order valence-corrected chi connectivity index (χ2v) is 8.90. The van der Waals surface area contributed by atoms with Gasteiger partial charge in [0, 0.05) is 55.1 Å². The van der Waals surface area contributed by atoms with Gasteiger partial charge in [0.1, 0.15) is 0 Å². The molecule has 0 amide bonds. The van der Waals surface area contributed by atoms with Crippen LogP contribution in [0.1, 0.15) is 17.8 Å². The Morgan fingerprint density at radius 2 is 1.51 bits per heavy atom. The SMILES string of the molecule is CN/C=C\Nc1nc(-n2c3c(c4ccccc42)N=CC=C=C3)nc(-n2c3c(c4ccccc42)N=CCC=C3)n1. The number of anilines is 1. The van der Waals surface area contributed by atoms with Crippen LogP contribution in [0.2, 0.25) is 0 Å². The standard InChI is InChI=1S/C30H23N9/c1-31-18-19-34-28-35-29(38-22-12-4-2-10-20(22)26-24(38)14-6-8-16-32-26)37-30(36-28)39-23-13-5-3-11-21(23)27-25(39)15-7-9-17-33-27/h2-6,9-19,31H,8H2,1H3,(H,34,35,36,37)/b19-18-. The van der Waals surface area contributed by atoms with Crippen LogP contribution in [0.25, 0.3) is 45.9 Å². The largest absolute Gasteiger partial charge is 0.393 e. The molecular weight excluding hydrogens is 486 g/mol. The molecule has 0 saturated heterocycles. The zero-order valence-electron chi connectivity index (χ0n) is 21.1. The van der Waals surface area contributed by atoms with Gasteiger partial charge in [0.15, 0.2) is 0 Å². The molecule has 0 saturated carbocycles. The molecule has 5 aromatic rings. The van der Waals surface area contributed by atoms with E-state index in [1.807, 2.05) is 58.8 Å². The average Bonchev–Trinajstić information content (AvgIpc) is 3.17. The van der Waals surface area contributed by atoms with Crippen molar-refractivity contribution in [1.29, 1.82) is 0 Å². The summed E-state index contributed by atoms with van der Waals surface area (Å²) in [5.41, 5.74) is 8.59.